The molecule has 0 spiro atoms. The normalized spacial score (nSPS) is 11.8. The van der Waals surface area contributed by atoms with Crippen molar-refractivity contribution < 1.29 is 19.4 Å². The lowest BCUT2D eigenvalue weighted by Gasteiger charge is -2.19. The van der Waals surface area contributed by atoms with Crippen molar-refractivity contribution in [3.63, 3.8) is 0 Å². The number of nitrogens with zero attached hydrogens (tertiary/aromatic N) is 1. The second-order valence-corrected chi connectivity index (χ2v) is 5.30. The molecule has 5 nitrogen and oxygen atoms in total. The van der Waals surface area contributed by atoms with Crippen molar-refractivity contribution in [1.29, 1.82) is 0 Å². The topological polar surface area (TPSA) is 66.8 Å². The van der Waals surface area contributed by atoms with Crippen LogP contribution in [0.15, 0.2) is 24.3 Å². The van der Waals surface area contributed by atoms with Gasteiger partial charge in [0.05, 0.1) is 17.5 Å². The molecule has 1 N–H and O–H groups in total. The molecule has 0 aliphatic carbocycles. The van der Waals surface area contributed by atoms with Gasteiger partial charge in [-0.25, -0.2) is 0 Å². The molecule has 0 saturated heterocycles. The third kappa shape index (κ3) is 6.04. The van der Waals surface area contributed by atoms with Crippen molar-refractivity contribution in [3.05, 3.63) is 29.3 Å². The number of halogens is 1. The zero-order chi connectivity index (χ0) is 15.8. The van der Waals surface area contributed by atoms with Crippen LogP contribution in [-0.2, 0) is 9.59 Å². The van der Waals surface area contributed by atoms with Crippen LogP contribution < -0.4 is 4.74 Å². The minimum absolute atomic E-state index is 0.0918. The first-order chi connectivity index (χ1) is 9.91. The Hall–Kier alpha value is -1.75. The van der Waals surface area contributed by atoms with Crippen LogP contribution in [0, 0.1) is 5.92 Å². The summed E-state index contributed by atoms with van der Waals surface area (Å²) in [5, 5.41) is 9.35. The highest BCUT2D eigenvalue weighted by Crippen LogP contribution is 2.23. The molecule has 0 heterocycles. The number of aliphatic carboxylic acids is 1. The summed E-state index contributed by atoms with van der Waals surface area (Å²) in [5.41, 5.74) is 0. The van der Waals surface area contributed by atoms with Crippen molar-refractivity contribution in [2.24, 2.45) is 5.92 Å². The molecule has 1 amide bonds. The van der Waals surface area contributed by atoms with Crippen LogP contribution >= 0.6 is 11.6 Å². The molecule has 0 aliphatic heterocycles. The largest absolute Gasteiger partial charge is 0.492 e. The van der Waals surface area contributed by atoms with E-state index in [2.05, 4.69) is 0 Å². The molecule has 0 radical (unpaired) electrons. The number of para-hydroxylation sites is 1. The molecule has 21 heavy (non-hydrogen) atoms. The maximum absolute atomic E-state index is 11.8. The predicted octanol–water partition coefficient (Wildman–Crippen LogP) is 2.68. The van der Waals surface area contributed by atoms with Crippen molar-refractivity contribution in [2.75, 3.05) is 20.2 Å². The minimum atomic E-state index is -0.906. The third-order valence-electron chi connectivity index (χ3n) is 3.02. The van der Waals surface area contributed by atoms with Crippen LogP contribution in [-0.4, -0.2) is 42.1 Å². The summed E-state index contributed by atoms with van der Waals surface area (Å²) in [6.45, 7) is 2.17. The van der Waals surface area contributed by atoms with E-state index in [1.807, 2.05) is 12.1 Å². The molecule has 116 valence electrons. The number of benzene rings is 1. The molecule has 6 heteroatoms. The molecule has 0 aromatic heterocycles. The van der Waals surface area contributed by atoms with Gasteiger partial charge >= 0.3 is 5.97 Å². The first kappa shape index (κ1) is 17.3. The Labute approximate surface area is 129 Å². The summed E-state index contributed by atoms with van der Waals surface area (Å²) < 4.78 is 5.49. The molecule has 0 saturated carbocycles. The second kappa shape index (κ2) is 8.52. The Bertz CT molecular complexity index is 492. The first-order valence-corrected chi connectivity index (χ1v) is 7.13. The number of ether oxygens (including phenoxy) is 1. The van der Waals surface area contributed by atoms with Gasteiger partial charge in [-0.05, 0) is 18.6 Å². The van der Waals surface area contributed by atoms with Gasteiger partial charge in [0.1, 0.15) is 5.75 Å². The van der Waals surface area contributed by atoms with E-state index in [4.69, 9.17) is 21.4 Å². The van der Waals surface area contributed by atoms with Crippen LogP contribution in [0.25, 0.3) is 0 Å². The fourth-order valence-corrected chi connectivity index (χ4v) is 1.94. The van der Waals surface area contributed by atoms with Crippen LogP contribution in [0.5, 0.6) is 5.75 Å². The quantitative estimate of drug-likeness (QED) is 0.749. The summed E-state index contributed by atoms with van der Waals surface area (Å²) in [5.74, 6) is -0.972. The fraction of sp³-hybridized carbons (Fsp3) is 0.467. The van der Waals surface area contributed by atoms with E-state index in [0.717, 1.165) is 0 Å². The lowest BCUT2D eigenvalue weighted by Crippen LogP contribution is -2.33. The lowest BCUT2D eigenvalue weighted by molar-refractivity contribution is -0.142. The van der Waals surface area contributed by atoms with Crippen LogP contribution in [0.4, 0.5) is 0 Å². The van der Waals surface area contributed by atoms with E-state index in [1.54, 1.807) is 26.1 Å². The first-order valence-electron chi connectivity index (χ1n) is 6.76. The number of hydrogen-bond acceptors (Lipinski definition) is 3. The number of carboxylic acid groups (broad SMARTS) is 1. The van der Waals surface area contributed by atoms with E-state index >= 15 is 0 Å². The van der Waals surface area contributed by atoms with E-state index in [0.29, 0.717) is 30.2 Å². The molecule has 1 atom stereocenters. The zero-order valence-electron chi connectivity index (χ0n) is 12.2. The highest BCUT2D eigenvalue weighted by Gasteiger charge is 2.17. The Balaban J connectivity index is 2.27. The van der Waals surface area contributed by atoms with Gasteiger partial charge in [-0.3, -0.25) is 9.59 Å². The van der Waals surface area contributed by atoms with Gasteiger partial charge < -0.3 is 14.7 Å². The number of carboxylic acids is 1. The number of rotatable bonds is 8. The Morgan fingerprint density at radius 2 is 2.05 bits per heavy atom. The highest BCUT2D eigenvalue weighted by molar-refractivity contribution is 6.32. The Kier molecular flexibility index (Phi) is 7.02. The average Bonchev–Trinajstić information content (AvgIpc) is 2.44. The van der Waals surface area contributed by atoms with E-state index < -0.39 is 11.9 Å². The van der Waals surface area contributed by atoms with Crippen molar-refractivity contribution >= 4 is 23.5 Å². The number of carbonyl (C=O) groups is 2. The number of carbonyl (C=O) groups excluding carboxylic acids is 1. The summed E-state index contributed by atoms with van der Waals surface area (Å²) in [7, 11) is 1.61. The van der Waals surface area contributed by atoms with Crippen LogP contribution in [0.2, 0.25) is 5.02 Å². The van der Waals surface area contributed by atoms with Crippen molar-refractivity contribution in [3.8, 4) is 5.75 Å². The maximum Gasteiger partial charge on any atom is 0.308 e. The fourth-order valence-electron chi connectivity index (χ4n) is 1.75. The number of hydrogen-bond donors (Lipinski definition) is 1. The monoisotopic (exact) mass is 313 g/mol. The summed E-state index contributed by atoms with van der Waals surface area (Å²) in [6.07, 6.45) is 0.864. The van der Waals surface area contributed by atoms with Crippen molar-refractivity contribution in [1.82, 2.24) is 4.90 Å². The molecule has 1 rings (SSSR count). The van der Waals surface area contributed by atoms with Crippen molar-refractivity contribution in [2.45, 2.75) is 19.8 Å². The average molecular weight is 314 g/mol. The predicted molar refractivity (Wildman–Crippen MR) is 80.6 cm³/mol. The molecular weight excluding hydrogens is 294 g/mol. The Morgan fingerprint density at radius 3 is 2.67 bits per heavy atom. The molecular formula is C15H20ClNO4. The van der Waals surface area contributed by atoms with Gasteiger partial charge in [-0.15, -0.1) is 0 Å². The SMILES string of the molecule is CC(CN(C)C(=O)CCCOc1ccccc1Cl)C(=O)O. The van der Waals surface area contributed by atoms with Crippen LogP contribution in [0.1, 0.15) is 19.8 Å². The van der Waals surface area contributed by atoms with Gasteiger partial charge in [0, 0.05) is 20.0 Å². The van der Waals surface area contributed by atoms with E-state index in [1.165, 1.54) is 4.90 Å². The lowest BCUT2D eigenvalue weighted by atomic mass is 10.1. The van der Waals surface area contributed by atoms with Gasteiger partial charge in [-0.1, -0.05) is 30.7 Å². The summed E-state index contributed by atoms with van der Waals surface area (Å²) >= 11 is 5.95. The molecule has 1 unspecified atom stereocenters. The van der Waals surface area contributed by atoms with Gasteiger partial charge in [-0.2, -0.15) is 0 Å². The highest BCUT2D eigenvalue weighted by atomic mass is 35.5. The van der Waals surface area contributed by atoms with E-state index in [-0.39, 0.29) is 12.5 Å². The van der Waals surface area contributed by atoms with Gasteiger partial charge in [0.15, 0.2) is 0 Å². The second-order valence-electron chi connectivity index (χ2n) is 4.90. The maximum atomic E-state index is 11.8. The molecule has 0 aliphatic rings. The molecule has 1 aromatic rings. The zero-order valence-corrected chi connectivity index (χ0v) is 13.0. The molecule has 1 aromatic carbocycles. The van der Waals surface area contributed by atoms with Crippen LogP contribution in [0.3, 0.4) is 0 Å². The number of amides is 1. The van der Waals surface area contributed by atoms with E-state index in [9.17, 15) is 9.59 Å². The summed E-state index contributed by atoms with van der Waals surface area (Å²) in [6, 6.07) is 7.15. The molecule has 0 bridgehead atoms. The Morgan fingerprint density at radius 1 is 1.38 bits per heavy atom. The smallest absolute Gasteiger partial charge is 0.308 e. The summed E-state index contributed by atoms with van der Waals surface area (Å²) in [4.78, 5) is 24.0. The standard InChI is InChI=1S/C15H20ClNO4/c1-11(15(19)20)10-17(2)14(18)8-5-9-21-13-7-4-3-6-12(13)16/h3-4,6-7,11H,5,8-10H2,1-2H3,(H,19,20). The molecule has 0 fully saturated rings. The van der Waals surface area contributed by atoms with Gasteiger partial charge in [0.2, 0.25) is 5.91 Å². The van der Waals surface area contributed by atoms with Gasteiger partial charge in [0.25, 0.3) is 0 Å². The third-order valence-corrected chi connectivity index (χ3v) is 3.34. The minimum Gasteiger partial charge on any atom is -0.492 e.